The molecule has 1 aromatic rings. The maximum atomic E-state index is 11.2. The molecule has 1 N–H and O–H groups in total. The molecule has 0 bridgehead atoms. The lowest BCUT2D eigenvalue weighted by atomic mass is 10.1. The maximum Gasteiger partial charge on any atom is 0.378 e. The van der Waals surface area contributed by atoms with Crippen molar-refractivity contribution in [1.29, 1.82) is 0 Å². The van der Waals surface area contributed by atoms with E-state index in [1.165, 1.54) is 25.3 Å². The Morgan fingerprint density at radius 1 is 1.33 bits per heavy atom. The predicted octanol–water partition coefficient (Wildman–Crippen LogP) is 1.99. The van der Waals surface area contributed by atoms with Crippen LogP contribution in [0, 0.1) is 0 Å². The zero-order valence-corrected chi connectivity index (χ0v) is 10.5. The summed E-state index contributed by atoms with van der Waals surface area (Å²) >= 11 is 5.86. The number of methoxy groups -OCH3 is 2. The molecular weight excluding hydrogens is 260 g/mol. The Hall–Kier alpha value is -2.01. The van der Waals surface area contributed by atoms with E-state index in [0.717, 1.165) is 13.2 Å². The lowest BCUT2D eigenvalue weighted by Crippen LogP contribution is -2.13. The van der Waals surface area contributed by atoms with Gasteiger partial charge in [-0.25, -0.2) is 4.79 Å². The summed E-state index contributed by atoms with van der Waals surface area (Å²) in [5, 5.41) is 9.93. The molecule has 0 aliphatic carbocycles. The van der Waals surface area contributed by atoms with Crippen LogP contribution in [0.4, 0.5) is 0 Å². The molecule has 0 amide bonds. The summed E-state index contributed by atoms with van der Waals surface area (Å²) < 4.78 is 9.16. The quantitative estimate of drug-likeness (QED) is 0.392. The minimum absolute atomic E-state index is 0.278. The second kappa shape index (κ2) is 6.07. The molecule has 0 unspecified atom stereocenters. The Balaban J connectivity index is 3.00. The van der Waals surface area contributed by atoms with Gasteiger partial charge in [0.2, 0.25) is 0 Å². The van der Waals surface area contributed by atoms with Crippen molar-refractivity contribution in [3.8, 4) is 5.75 Å². The second-order valence-corrected chi connectivity index (χ2v) is 3.64. The van der Waals surface area contributed by atoms with E-state index < -0.39 is 11.8 Å². The number of rotatable bonds is 4. The number of ether oxygens (including phenoxy) is 2. The monoisotopic (exact) mass is 270 g/mol. The summed E-state index contributed by atoms with van der Waals surface area (Å²) in [5.74, 6) is -1.95. The van der Waals surface area contributed by atoms with Gasteiger partial charge in [-0.1, -0.05) is 11.6 Å². The fourth-order valence-electron chi connectivity index (χ4n) is 1.19. The number of esters is 1. The van der Waals surface area contributed by atoms with E-state index in [-0.39, 0.29) is 16.3 Å². The van der Waals surface area contributed by atoms with Crippen LogP contribution in [0.25, 0.3) is 5.76 Å². The zero-order chi connectivity index (χ0) is 13.7. The Morgan fingerprint density at radius 3 is 2.50 bits per heavy atom. The molecule has 0 aliphatic heterocycles. The van der Waals surface area contributed by atoms with E-state index in [1.54, 1.807) is 0 Å². The molecule has 0 aromatic heterocycles. The SMILES string of the molecule is COC(=O)C(=O)/C=C(\O)c1ccc(OC)c(Cl)c1. The van der Waals surface area contributed by atoms with Crippen molar-refractivity contribution >= 4 is 29.1 Å². The molecule has 1 aromatic carbocycles. The Labute approximate surface area is 109 Å². The lowest BCUT2D eigenvalue weighted by molar-refractivity contribution is -0.149. The smallest absolute Gasteiger partial charge is 0.378 e. The van der Waals surface area contributed by atoms with Gasteiger partial charge in [0.25, 0.3) is 5.78 Å². The van der Waals surface area contributed by atoms with Crippen LogP contribution in [-0.2, 0) is 14.3 Å². The Kier molecular flexibility index (Phi) is 4.74. The van der Waals surface area contributed by atoms with Gasteiger partial charge in [0.1, 0.15) is 11.5 Å². The molecule has 0 aliphatic rings. The summed E-state index contributed by atoms with van der Waals surface area (Å²) in [4.78, 5) is 22.1. The number of hydrogen-bond acceptors (Lipinski definition) is 5. The van der Waals surface area contributed by atoms with Crippen molar-refractivity contribution < 1.29 is 24.2 Å². The Morgan fingerprint density at radius 2 is 2.00 bits per heavy atom. The molecule has 0 saturated heterocycles. The van der Waals surface area contributed by atoms with Crippen molar-refractivity contribution in [1.82, 2.24) is 0 Å². The summed E-state index contributed by atoms with van der Waals surface area (Å²) in [5.41, 5.74) is 0.290. The standard InChI is InChI=1S/C12H11ClO5/c1-17-11-4-3-7(5-8(11)13)9(14)6-10(15)12(16)18-2/h3-6,14H,1-2H3/b9-6-. The molecule has 6 heteroatoms. The van der Waals surface area contributed by atoms with Crippen LogP contribution in [0.15, 0.2) is 24.3 Å². The highest BCUT2D eigenvalue weighted by atomic mass is 35.5. The number of carbonyl (C=O) groups excluding carboxylic acids is 2. The summed E-state index contributed by atoms with van der Waals surface area (Å²) in [6.45, 7) is 0. The van der Waals surface area contributed by atoms with Crippen LogP contribution in [0.1, 0.15) is 5.56 Å². The van der Waals surface area contributed by atoms with Crippen LogP contribution in [0.2, 0.25) is 5.02 Å². The number of aliphatic hydroxyl groups excluding tert-OH is 1. The van der Waals surface area contributed by atoms with Crippen molar-refractivity contribution in [3.05, 3.63) is 34.9 Å². The predicted molar refractivity (Wildman–Crippen MR) is 65.6 cm³/mol. The minimum atomic E-state index is -1.05. The van der Waals surface area contributed by atoms with E-state index >= 15 is 0 Å². The number of halogens is 1. The third-order valence-electron chi connectivity index (χ3n) is 2.10. The first-order valence-corrected chi connectivity index (χ1v) is 5.24. The van der Waals surface area contributed by atoms with Crippen LogP contribution in [0.3, 0.4) is 0 Å². The average Bonchev–Trinajstić information content (AvgIpc) is 2.37. The fraction of sp³-hybridized carbons (Fsp3) is 0.167. The largest absolute Gasteiger partial charge is 0.507 e. The second-order valence-electron chi connectivity index (χ2n) is 3.23. The van der Waals surface area contributed by atoms with E-state index in [1.807, 2.05) is 0 Å². The van der Waals surface area contributed by atoms with Gasteiger partial charge < -0.3 is 14.6 Å². The topological polar surface area (TPSA) is 72.8 Å². The molecule has 0 spiro atoms. The number of carbonyl (C=O) groups is 2. The lowest BCUT2D eigenvalue weighted by Gasteiger charge is -2.05. The third kappa shape index (κ3) is 3.24. The van der Waals surface area contributed by atoms with Gasteiger partial charge in [0.05, 0.1) is 19.2 Å². The van der Waals surface area contributed by atoms with E-state index in [2.05, 4.69) is 4.74 Å². The number of hydrogen-bond donors (Lipinski definition) is 1. The molecule has 0 saturated carbocycles. The highest BCUT2D eigenvalue weighted by Crippen LogP contribution is 2.27. The first-order chi connectivity index (χ1) is 8.49. The van der Waals surface area contributed by atoms with Gasteiger partial charge in [-0.15, -0.1) is 0 Å². The van der Waals surface area contributed by atoms with Crippen LogP contribution >= 0.6 is 11.6 Å². The molecule has 1 rings (SSSR count). The van der Waals surface area contributed by atoms with E-state index in [4.69, 9.17) is 16.3 Å². The van der Waals surface area contributed by atoms with E-state index in [9.17, 15) is 14.7 Å². The number of ketones is 1. The van der Waals surface area contributed by atoms with Crippen molar-refractivity contribution in [2.24, 2.45) is 0 Å². The van der Waals surface area contributed by atoms with Gasteiger partial charge in [-0.3, -0.25) is 4.79 Å². The normalized spacial score (nSPS) is 10.9. The third-order valence-corrected chi connectivity index (χ3v) is 2.40. The number of aliphatic hydroxyl groups is 1. The van der Waals surface area contributed by atoms with Gasteiger partial charge in [0, 0.05) is 11.6 Å². The highest BCUT2D eigenvalue weighted by Gasteiger charge is 2.13. The zero-order valence-electron chi connectivity index (χ0n) is 9.77. The Bertz CT molecular complexity index is 507. The van der Waals surface area contributed by atoms with E-state index in [0.29, 0.717) is 5.75 Å². The van der Waals surface area contributed by atoms with Crippen molar-refractivity contribution in [2.45, 2.75) is 0 Å². The van der Waals surface area contributed by atoms with Crippen LogP contribution in [-0.4, -0.2) is 31.1 Å². The minimum Gasteiger partial charge on any atom is -0.507 e. The summed E-state index contributed by atoms with van der Waals surface area (Å²) in [6.07, 6.45) is 0.768. The maximum absolute atomic E-state index is 11.2. The molecule has 0 radical (unpaired) electrons. The number of benzene rings is 1. The molecule has 0 heterocycles. The molecule has 18 heavy (non-hydrogen) atoms. The summed E-state index contributed by atoms with van der Waals surface area (Å²) in [6, 6.07) is 4.45. The first-order valence-electron chi connectivity index (χ1n) is 4.86. The average molecular weight is 271 g/mol. The van der Waals surface area contributed by atoms with Gasteiger partial charge in [0.15, 0.2) is 0 Å². The first kappa shape index (κ1) is 14.1. The molecule has 0 atom stereocenters. The molecule has 0 fully saturated rings. The van der Waals surface area contributed by atoms with Crippen LogP contribution < -0.4 is 4.74 Å². The summed E-state index contributed by atoms with van der Waals surface area (Å²) in [7, 11) is 2.53. The fourth-order valence-corrected chi connectivity index (χ4v) is 1.45. The van der Waals surface area contributed by atoms with Crippen molar-refractivity contribution in [3.63, 3.8) is 0 Å². The molecular formula is C12H11ClO5. The van der Waals surface area contributed by atoms with Gasteiger partial charge in [-0.2, -0.15) is 0 Å². The van der Waals surface area contributed by atoms with Crippen molar-refractivity contribution in [2.75, 3.05) is 14.2 Å². The molecule has 96 valence electrons. The highest BCUT2D eigenvalue weighted by molar-refractivity contribution is 6.39. The molecule has 5 nitrogen and oxygen atoms in total. The van der Waals surface area contributed by atoms with Gasteiger partial charge in [-0.05, 0) is 18.2 Å². The van der Waals surface area contributed by atoms with Gasteiger partial charge >= 0.3 is 5.97 Å². The van der Waals surface area contributed by atoms with Crippen LogP contribution in [0.5, 0.6) is 5.75 Å².